The fourth-order valence-electron chi connectivity index (χ4n) is 4.08. The summed E-state index contributed by atoms with van der Waals surface area (Å²) in [7, 11) is 0. The molecule has 0 bridgehead atoms. The van der Waals surface area contributed by atoms with E-state index in [1.54, 1.807) is 12.1 Å². The van der Waals surface area contributed by atoms with Crippen molar-refractivity contribution in [2.45, 2.75) is 25.7 Å². The van der Waals surface area contributed by atoms with Crippen LogP contribution in [0.25, 0.3) is 22.0 Å². The molecule has 4 aromatic rings. The molecule has 0 atom stereocenters. The van der Waals surface area contributed by atoms with Crippen molar-refractivity contribution in [2.75, 3.05) is 13.1 Å². The fourth-order valence-corrected chi connectivity index (χ4v) is 4.08. The monoisotopic (exact) mass is 389 g/mol. The van der Waals surface area contributed by atoms with Crippen molar-refractivity contribution in [3.8, 4) is 0 Å². The number of carbonyl (C=O) groups is 1. The van der Waals surface area contributed by atoms with Gasteiger partial charge in [0.05, 0.1) is 11.1 Å². The van der Waals surface area contributed by atoms with E-state index in [4.69, 9.17) is 4.42 Å². The normalized spacial score (nSPS) is 15.3. The van der Waals surface area contributed by atoms with E-state index in [0.717, 1.165) is 29.8 Å². The Kier molecular flexibility index (Phi) is 4.27. The minimum atomic E-state index is -0.354. The average Bonchev–Trinajstić information content (AvgIpc) is 3.17. The van der Waals surface area contributed by atoms with Gasteiger partial charge in [0.2, 0.25) is 0 Å². The van der Waals surface area contributed by atoms with Crippen LogP contribution >= 0.6 is 0 Å². The summed E-state index contributed by atoms with van der Waals surface area (Å²) in [5.41, 5.74) is 3.45. The second kappa shape index (κ2) is 6.95. The lowest BCUT2D eigenvalue weighted by Crippen LogP contribution is -2.38. The van der Waals surface area contributed by atoms with E-state index in [-0.39, 0.29) is 17.6 Å². The molecule has 0 N–H and O–H groups in total. The minimum absolute atomic E-state index is 0.0388. The Balaban J connectivity index is 1.37. The third-order valence-corrected chi connectivity index (χ3v) is 5.57. The number of nitrogens with zero attached hydrogens (tertiary/aromatic N) is 3. The maximum absolute atomic E-state index is 13.6. The Morgan fingerprint density at radius 2 is 1.86 bits per heavy atom. The van der Waals surface area contributed by atoms with Gasteiger partial charge >= 0.3 is 0 Å². The van der Waals surface area contributed by atoms with Crippen LogP contribution in [0.4, 0.5) is 4.39 Å². The van der Waals surface area contributed by atoms with Gasteiger partial charge in [-0.1, -0.05) is 12.1 Å². The molecule has 2 aromatic heterocycles. The van der Waals surface area contributed by atoms with Gasteiger partial charge < -0.3 is 9.32 Å². The molecule has 5 nitrogen and oxygen atoms in total. The molecule has 0 aliphatic carbocycles. The summed E-state index contributed by atoms with van der Waals surface area (Å²) in [5.74, 6) is 0.562. The van der Waals surface area contributed by atoms with Crippen LogP contribution in [-0.2, 0) is 0 Å². The molecule has 1 fully saturated rings. The summed E-state index contributed by atoms with van der Waals surface area (Å²) < 4.78 is 19.5. The number of hydrogen-bond donors (Lipinski definition) is 0. The number of amides is 1. The van der Waals surface area contributed by atoms with E-state index < -0.39 is 0 Å². The number of halogens is 1. The molecule has 0 unspecified atom stereocenters. The van der Waals surface area contributed by atoms with Crippen molar-refractivity contribution >= 4 is 27.9 Å². The van der Waals surface area contributed by atoms with E-state index in [0.29, 0.717) is 35.2 Å². The molecule has 1 saturated heterocycles. The molecule has 1 aliphatic heterocycles. The van der Waals surface area contributed by atoms with Crippen molar-refractivity contribution < 1.29 is 13.6 Å². The molecule has 3 heterocycles. The maximum Gasteiger partial charge on any atom is 0.254 e. The summed E-state index contributed by atoms with van der Waals surface area (Å²) in [6.45, 7) is 3.08. The average molecular weight is 389 g/mol. The van der Waals surface area contributed by atoms with Crippen molar-refractivity contribution in [3.63, 3.8) is 0 Å². The molecular weight excluding hydrogens is 369 g/mol. The third kappa shape index (κ3) is 3.24. The summed E-state index contributed by atoms with van der Waals surface area (Å²) >= 11 is 0. The van der Waals surface area contributed by atoms with Crippen molar-refractivity contribution in [1.82, 2.24) is 14.9 Å². The maximum atomic E-state index is 13.6. The number of aryl methyl sites for hydroxylation is 1. The molecule has 29 heavy (non-hydrogen) atoms. The molecule has 0 saturated carbocycles. The minimum Gasteiger partial charge on any atom is -0.440 e. The Morgan fingerprint density at radius 3 is 2.66 bits per heavy atom. The van der Waals surface area contributed by atoms with Crippen LogP contribution in [-0.4, -0.2) is 33.9 Å². The summed E-state index contributed by atoms with van der Waals surface area (Å²) in [4.78, 5) is 24.0. The van der Waals surface area contributed by atoms with E-state index in [1.807, 2.05) is 36.1 Å². The van der Waals surface area contributed by atoms with Crippen LogP contribution in [0.2, 0.25) is 0 Å². The van der Waals surface area contributed by atoms with E-state index in [9.17, 15) is 9.18 Å². The SMILES string of the molecule is Cc1cc(C(=O)N2CCC(c3nc4ccccc4o3)CC2)c2ccc(F)cc2n1. The van der Waals surface area contributed by atoms with Gasteiger partial charge in [0.1, 0.15) is 11.3 Å². The third-order valence-electron chi connectivity index (χ3n) is 5.57. The number of para-hydroxylation sites is 2. The Hall–Kier alpha value is -3.28. The quantitative estimate of drug-likeness (QED) is 0.492. The first-order valence-electron chi connectivity index (χ1n) is 9.80. The summed E-state index contributed by atoms with van der Waals surface area (Å²) in [5, 5.41) is 0.683. The van der Waals surface area contributed by atoms with Crippen molar-refractivity contribution in [2.24, 2.45) is 0 Å². The number of pyridine rings is 1. The summed E-state index contributed by atoms with van der Waals surface area (Å²) in [6.07, 6.45) is 1.60. The van der Waals surface area contributed by atoms with E-state index in [1.165, 1.54) is 12.1 Å². The van der Waals surface area contributed by atoms with Crippen LogP contribution in [0, 0.1) is 12.7 Å². The number of oxazole rings is 1. The lowest BCUT2D eigenvalue weighted by molar-refractivity contribution is 0.0708. The number of hydrogen-bond acceptors (Lipinski definition) is 4. The first-order chi connectivity index (χ1) is 14.1. The van der Waals surface area contributed by atoms with E-state index >= 15 is 0 Å². The van der Waals surface area contributed by atoms with Gasteiger partial charge in [0.15, 0.2) is 11.5 Å². The highest BCUT2D eigenvalue weighted by Crippen LogP contribution is 2.31. The largest absolute Gasteiger partial charge is 0.440 e. The Labute approximate surface area is 167 Å². The topological polar surface area (TPSA) is 59.2 Å². The highest BCUT2D eigenvalue weighted by atomic mass is 19.1. The number of aromatic nitrogens is 2. The predicted molar refractivity (Wildman–Crippen MR) is 108 cm³/mol. The van der Waals surface area contributed by atoms with Gasteiger partial charge in [-0.25, -0.2) is 9.37 Å². The van der Waals surface area contributed by atoms with Gasteiger partial charge in [0, 0.05) is 36.2 Å². The van der Waals surface area contributed by atoms with Crippen LogP contribution in [0.15, 0.2) is 52.9 Å². The molecule has 0 radical (unpaired) electrons. The lowest BCUT2D eigenvalue weighted by Gasteiger charge is -2.31. The molecule has 5 rings (SSSR count). The molecule has 146 valence electrons. The summed E-state index contributed by atoms with van der Waals surface area (Å²) in [6, 6.07) is 13.9. The highest BCUT2D eigenvalue weighted by Gasteiger charge is 2.28. The number of piperidine rings is 1. The van der Waals surface area contributed by atoms with Gasteiger partial charge in [-0.15, -0.1) is 0 Å². The highest BCUT2D eigenvalue weighted by molar-refractivity contribution is 6.06. The predicted octanol–water partition coefficient (Wildman–Crippen LogP) is 4.84. The zero-order valence-electron chi connectivity index (χ0n) is 16.1. The molecule has 2 aromatic carbocycles. The van der Waals surface area contributed by atoms with Crippen molar-refractivity contribution in [3.05, 3.63) is 71.5 Å². The second-order valence-corrected chi connectivity index (χ2v) is 7.56. The van der Waals surface area contributed by atoms with Crippen molar-refractivity contribution in [1.29, 1.82) is 0 Å². The first kappa shape index (κ1) is 17.8. The van der Waals surface area contributed by atoms with Crippen LogP contribution < -0.4 is 0 Å². The van der Waals surface area contributed by atoms with Gasteiger partial charge in [-0.2, -0.15) is 0 Å². The zero-order chi connectivity index (χ0) is 20.0. The van der Waals surface area contributed by atoms with Gasteiger partial charge in [0.25, 0.3) is 5.91 Å². The number of benzene rings is 2. The number of rotatable bonds is 2. The van der Waals surface area contributed by atoms with E-state index in [2.05, 4.69) is 9.97 Å². The molecule has 1 amide bonds. The number of fused-ring (bicyclic) bond motifs is 2. The van der Waals surface area contributed by atoms with Gasteiger partial charge in [-0.05, 0) is 50.1 Å². The molecule has 0 spiro atoms. The Bertz CT molecular complexity index is 1190. The number of carbonyl (C=O) groups excluding carboxylic acids is 1. The first-order valence-corrected chi connectivity index (χ1v) is 9.80. The van der Waals surface area contributed by atoms with Crippen LogP contribution in [0.5, 0.6) is 0 Å². The smallest absolute Gasteiger partial charge is 0.254 e. The van der Waals surface area contributed by atoms with Gasteiger partial charge in [-0.3, -0.25) is 9.78 Å². The molecule has 6 heteroatoms. The second-order valence-electron chi connectivity index (χ2n) is 7.56. The zero-order valence-corrected chi connectivity index (χ0v) is 16.1. The molecule has 1 aliphatic rings. The number of likely N-dealkylation sites (tertiary alicyclic amines) is 1. The lowest BCUT2D eigenvalue weighted by atomic mass is 9.96. The Morgan fingerprint density at radius 1 is 1.07 bits per heavy atom. The van der Waals surface area contributed by atoms with Crippen LogP contribution in [0.3, 0.4) is 0 Å². The standard InChI is InChI=1S/C23H20FN3O2/c1-14-12-18(17-7-6-16(24)13-20(17)25-14)23(28)27-10-8-15(9-11-27)22-26-19-4-2-3-5-21(19)29-22/h2-7,12-13,15H,8-11H2,1H3. The van der Waals surface area contributed by atoms with Crippen LogP contribution in [0.1, 0.15) is 40.7 Å². The molecular formula is C23H20FN3O2. The fraction of sp³-hybridized carbons (Fsp3) is 0.261.